The molecule has 0 amide bonds. The van der Waals surface area contributed by atoms with Crippen LogP contribution in [0.25, 0.3) is 21.6 Å². The standard InChI is InChI=1S/C23H24N4O/c1-16-13-20-23(25-14-16)22(21(28)15-26-11-5-4-6-12-26)17(2)27(20)19-9-7-18(24-3)8-10-19/h7-10,13-14H,4-6,11-12,15H2,1-2H3/i4D2,5D2,6D2,11D2,12D2. The van der Waals surface area contributed by atoms with Crippen molar-refractivity contribution in [2.24, 2.45) is 0 Å². The lowest BCUT2D eigenvalue weighted by Gasteiger charge is -2.25. The van der Waals surface area contributed by atoms with Crippen molar-refractivity contribution in [3.8, 4) is 5.69 Å². The third kappa shape index (κ3) is 3.32. The van der Waals surface area contributed by atoms with Crippen molar-refractivity contribution in [1.82, 2.24) is 14.5 Å². The molecule has 0 N–H and O–H groups in total. The van der Waals surface area contributed by atoms with E-state index in [1.165, 1.54) is 6.20 Å². The van der Waals surface area contributed by atoms with E-state index < -0.39 is 44.4 Å². The van der Waals surface area contributed by atoms with Crippen LogP contribution in [-0.4, -0.2) is 39.8 Å². The molecule has 0 bridgehead atoms. The quantitative estimate of drug-likeness (QED) is 0.478. The van der Waals surface area contributed by atoms with E-state index in [9.17, 15) is 4.79 Å². The van der Waals surface area contributed by atoms with Crippen molar-refractivity contribution < 1.29 is 18.5 Å². The molecule has 5 heteroatoms. The molecule has 1 aliphatic rings. The molecule has 5 nitrogen and oxygen atoms in total. The van der Waals surface area contributed by atoms with Crippen molar-refractivity contribution in [3.05, 3.63) is 64.8 Å². The Morgan fingerprint density at radius 3 is 2.61 bits per heavy atom. The van der Waals surface area contributed by atoms with Crippen LogP contribution in [0.4, 0.5) is 5.69 Å². The van der Waals surface area contributed by atoms with Crippen molar-refractivity contribution in [3.63, 3.8) is 0 Å². The highest BCUT2D eigenvalue weighted by atomic mass is 16.1. The first kappa shape index (κ1) is 9.99. The highest BCUT2D eigenvalue weighted by molar-refractivity contribution is 6.09. The van der Waals surface area contributed by atoms with E-state index in [4.69, 9.17) is 20.3 Å². The Kier molecular flexibility index (Phi) is 2.70. The van der Waals surface area contributed by atoms with Crippen LogP contribution >= 0.6 is 0 Å². The van der Waals surface area contributed by atoms with Crippen LogP contribution in [0.5, 0.6) is 0 Å². The van der Waals surface area contributed by atoms with Crippen molar-refractivity contribution >= 4 is 22.5 Å². The van der Waals surface area contributed by atoms with E-state index in [0.717, 1.165) is 5.56 Å². The summed E-state index contributed by atoms with van der Waals surface area (Å²) in [7, 11) is 0. The maximum atomic E-state index is 13.7. The Bertz CT molecular complexity index is 1460. The molecule has 0 atom stereocenters. The molecule has 4 rings (SSSR count). The van der Waals surface area contributed by atoms with Crippen LogP contribution < -0.4 is 0 Å². The van der Waals surface area contributed by atoms with Gasteiger partial charge < -0.3 is 4.57 Å². The van der Waals surface area contributed by atoms with Gasteiger partial charge in [-0.15, -0.1) is 0 Å². The Morgan fingerprint density at radius 1 is 1.21 bits per heavy atom. The number of nitrogens with zero attached hydrogens (tertiary/aromatic N) is 4. The summed E-state index contributed by atoms with van der Waals surface area (Å²) in [6, 6.07) is 8.35. The van der Waals surface area contributed by atoms with Gasteiger partial charge in [-0.25, -0.2) is 4.85 Å². The molecule has 1 saturated heterocycles. The summed E-state index contributed by atoms with van der Waals surface area (Å²) in [6.07, 6.45) is -9.07. The summed E-state index contributed by atoms with van der Waals surface area (Å²) in [5, 5.41) is 0. The lowest BCUT2D eigenvalue weighted by Crippen LogP contribution is -2.34. The smallest absolute Gasteiger partial charge is 0.187 e. The third-order valence-corrected chi connectivity index (χ3v) is 4.50. The molecule has 0 unspecified atom stereocenters. The highest BCUT2D eigenvalue weighted by Gasteiger charge is 2.24. The number of ketones is 1. The number of aromatic nitrogens is 2. The van der Waals surface area contributed by atoms with Gasteiger partial charge in [0.25, 0.3) is 0 Å². The fourth-order valence-corrected chi connectivity index (χ4v) is 3.28. The third-order valence-electron chi connectivity index (χ3n) is 4.50. The predicted molar refractivity (Wildman–Crippen MR) is 111 cm³/mol. The molecule has 0 aliphatic carbocycles. The summed E-state index contributed by atoms with van der Waals surface area (Å²) in [5.74, 6) is -0.845. The van der Waals surface area contributed by atoms with Gasteiger partial charge in [0, 0.05) is 31.3 Å². The summed E-state index contributed by atoms with van der Waals surface area (Å²) in [5.41, 5.74) is 2.93. The zero-order chi connectivity index (χ0) is 28.6. The Morgan fingerprint density at radius 2 is 1.93 bits per heavy atom. The minimum atomic E-state index is -3.56. The number of carbonyl (C=O) groups is 1. The van der Waals surface area contributed by atoms with Gasteiger partial charge in [-0.05, 0) is 63.3 Å². The zero-order valence-corrected chi connectivity index (χ0v) is 15.4. The van der Waals surface area contributed by atoms with Crippen molar-refractivity contribution in [2.75, 3.05) is 19.5 Å². The predicted octanol–water partition coefficient (Wildman–Crippen LogP) is 4.86. The molecule has 0 saturated carbocycles. The van der Waals surface area contributed by atoms with E-state index in [-0.39, 0.29) is 16.0 Å². The van der Waals surface area contributed by atoms with Gasteiger partial charge in [-0.1, -0.05) is 18.5 Å². The SMILES string of the molecule is [2H]C1([2H])N(CC(=O)c2c(C)n(-c3ccc([N+]#[C-])cc3)c3cc(C)cnc23)C([2H])([2H])C([2H])([2H])C([2H])([2H])C1([2H])[2H]. The molecule has 3 aromatic rings. The Balaban J connectivity index is 1.88. The van der Waals surface area contributed by atoms with Crippen LogP contribution in [0, 0.1) is 20.4 Å². The zero-order valence-electron chi connectivity index (χ0n) is 25.4. The molecule has 1 aromatic carbocycles. The maximum Gasteiger partial charge on any atom is 0.187 e. The van der Waals surface area contributed by atoms with Gasteiger partial charge in [0.05, 0.1) is 29.7 Å². The summed E-state index contributed by atoms with van der Waals surface area (Å²) >= 11 is 0. The summed E-state index contributed by atoms with van der Waals surface area (Å²) in [6.45, 7) is 2.71. The van der Waals surface area contributed by atoms with E-state index in [0.29, 0.717) is 22.6 Å². The van der Waals surface area contributed by atoms with Crippen LogP contribution in [0.15, 0.2) is 36.5 Å². The molecule has 142 valence electrons. The summed E-state index contributed by atoms with van der Waals surface area (Å²) in [4.78, 5) is 21.6. The number of piperidine rings is 1. The molecule has 1 fully saturated rings. The van der Waals surface area contributed by atoms with Gasteiger partial charge in [0.1, 0.15) is 0 Å². The number of fused-ring (bicyclic) bond motifs is 1. The number of rotatable bonds is 4. The number of pyridine rings is 1. The monoisotopic (exact) mass is 382 g/mol. The van der Waals surface area contributed by atoms with Crippen LogP contribution in [0.1, 0.15) is 54.4 Å². The van der Waals surface area contributed by atoms with Gasteiger partial charge in [-0.3, -0.25) is 14.7 Å². The first-order valence-corrected chi connectivity index (χ1v) is 8.61. The molecule has 3 heterocycles. The number of benzene rings is 1. The molecule has 2 aromatic heterocycles. The fourth-order valence-electron chi connectivity index (χ4n) is 3.28. The molecule has 0 spiro atoms. The highest BCUT2D eigenvalue weighted by Crippen LogP contribution is 2.30. The number of aryl methyl sites for hydroxylation is 1. The van der Waals surface area contributed by atoms with Crippen LogP contribution in [0.2, 0.25) is 0 Å². The lowest BCUT2D eigenvalue weighted by atomic mass is 10.1. The maximum absolute atomic E-state index is 13.7. The van der Waals surface area contributed by atoms with Gasteiger partial charge in [0.15, 0.2) is 11.5 Å². The number of carbonyl (C=O) groups excluding carboxylic acids is 1. The number of Topliss-reactive ketones (excluding diaryl/α,β-unsaturated/α-hetero) is 1. The topological polar surface area (TPSA) is 42.5 Å². The Hall–Kier alpha value is -2.97. The Labute approximate surface area is 179 Å². The molecule has 1 aliphatic heterocycles. The second kappa shape index (κ2) is 7.57. The molecular formula is C23H24N4O. The van der Waals surface area contributed by atoms with Crippen LogP contribution in [0.3, 0.4) is 0 Å². The summed E-state index contributed by atoms with van der Waals surface area (Å²) < 4.78 is 83.4. The molecule has 0 radical (unpaired) electrons. The van der Waals surface area contributed by atoms with Crippen molar-refractivity contribution in [1.29, 1.82) is 0 Å². The largest absolute Gasteiger partial charge is 0.312 e. The minimum Gasteiger partial charge on any atom is -0.312 e. The first-order valence-electron chi connectivity index (χ1n) is 13.6. The number of hydrogen-bond donors (Lipinski definition) is 0. The van der Waals surface area contributed by atoms with E-state index in [1.807, 2.05) is 0 Å². The fraction of sp³-hybridized carbons (Fsp3) is 0.348. The van der Waals surface area contributed by atoms with E-state index >= 15 is 0 Å². The van der Waals surface area contributed by atoms with E-state index in [2.05, 4.69) is 9.83 Å². The average molecular weight is 383 g/mol. The molecular weight excluding hydrogens is 348 g/mol. The second-order valence-electron chi connectivity index (χ2n) is 6.41. The van der Waals surface area contributed by atoms with Gasteiger partial charge in [0.2, 0.25) is 0 Å². The molecule has 28 heavy (non-hydrogen) atoms. The van der Waals surface area contributed by atoms with Crippen LogP contribution in [-0.2, 0) is 0 Å². The van der Waals surface area contributed by atoms with Gasteiger partial charge >= 0.3 is 0 Å². The first-order chi connectivity index (χ1) is 17.3. The van der Waals surface area contributed by atoms with E-state index in [1.54, 1.807) is 48.7 Å². The number of likely N-dealkylation sites (tertiary alicyclic amines) is 1. The van der Waals surface area contributed by atoms with Gasteiger partial charge in [-0.2, -0.15) is 0 Å². The lowest BCUT2D eigenvalue weighted by molar-refractivity contribution is 0.0916. The average Bonchev–Trinajstić information content (AvgIpc) is 3.11. The van der Waals surface area contributed by atoms with Crippen molar-refractivity contribution in [2.45, 2.75) is 33.0 Å². The number of hydrogen-bond acceptors (Lipinski definition) is 3. The minimum absolute atomic E-state index is 0.00978. The normalized spacial score (nSPS) is 29.2. The second-order valence-corrected chi connectivity index (χ2v) is 6.41.